The third kappa shape index (κ3) is 7.65. The molecule has 6 unspecified atom stereocenters. The summed E-state index contributed by atoms with van der Waals surface area (Å²) in [5, 5.41) is 134. The molecule has 2 aromatic carbocycles. The molecule has 3 fully saturated rings. The van der Waals surface area contributed by atoms with Crippen molar-refractivity contribution < 1.29 is 99.2 Å². The first kappa shape index (κ1) is 39.0. The maximum Gasteiger partial charge on any atom is 0.402 e. The highest BCUT2D eigenvalue weighted by Gasteiger charge is 2.48. The van der Waals surface area contributed by atoms with Gasteiger partial charge in [-0.05, 0) is 19.1 Å². The summed E-state index contributed by atoms with van der Waals surface area (Å²) < 4.78 is 39.7. The Morgan fingerprint density at radius 1 is 0.604 bits per heavy atom. The van der Waals surface area contributed by atoms with E-state index in [0.717, 1.165) is 18.2 Å². The van der Waals surface area contributed by atoms with Gasteiger partial charge < -0.3 is 94.8 Å². The van der Waals surface area contributed by atoms with Gasteiger partial charge in [-0.1, -0.05) is 0 Å². The average Bonchev–Trinajstić information content (AvgIpc) is 3.13. The van der Waals surface area contributed by atoms with E-state index in [1.54, 1.807) is 0 Å². The summed E-state index contributed by atoms with van der Waals surface area (Å²) in [5.41, 5.74) is -0.0417. The summed E-state index contributed by atoms with van der Waals surface area (Å²) in [6.45, 7) is 0.128. The molecule has 4 heterocycles. The molecule has 0 amide bonds. The number of aromatic hydroxyl groups is 3. The Labute approximate surface area is 299 Å². The van der Waals surface area contributed by atoms with Crippen molar-refractivity contribution in [3.05, 3.63) is 36.4 Å². The predicted molar refractivity (Wildman–Crippen MR) is 171 cm³/mol. The van der Waals surface area contributed by atoms with Crippen molar-refractivity contribution in [1.29, 1.82) is 0 Å². The monoisotopic (exact) mass is 757 g/mol. The first-order chi connectivity index (χ1) is 25.1. The summed E-state index contributed by atoms with van der Waals surface area (Å²) >= 11 is 0. The molecular weight excluding hydrogens is 716 g/mol. The van der Waals surface area contributed by atoms with Gasteiger partial charge in [-0.15, -0.1) is 0 Å². The quantitative estimate of drug-likeness (QED) is 0.0751. The lowest BCUT2D eigenvalue weighted by atomic mass is 9.98. The molecular formula is C33H41O20+. The van der Waals surface area contributed by atoms with E-state index in [9.17, 15) is 66.4 Å². The lowest BCUT2D eigenvalue weighted by Crippen LogP contribution is -2.61. The highest BCUT2D eigenvalue weighted by molar-refractivity contribution is 5.88. The van der Waals surface area contributed by atoms with Crippen LogP contribution < -0.4 is 9.47 Å². The second-order valence-corrected chi connectivity index (χ2v) is 13.0. The summed E-state index contributed by atoms with van der Waals surface area (Å²) in [6.07, 6.45) is -24.0. The fraction of sp³-hybridized carbons (Fsp3) is 0.545. The molecule has 15 atom stereocenters. The molecule has 6 rings (SSSR count). The SMILES string of the molecule is CC1O[C@@H](OC[C@H]2O[C@@H](Oc3cc4c(O)cc(O[C@@H]5OC(CO)[C@@H](O)[C@H](O)C5O)cc4[o+]c3-c3ccc(O)c(O)c3)C(O)C(O)[C@@H]2O)[C@@H](O)C(O)[C@H]1O. The number of fused-ring (bicyclic) bond motifs is 1. The molecule has 3 aromatic rings. The van der Waals surface area contributed by atoms with E-state index in [1.165, 1.54) is 25.1 Å². The van der Waals surface area contributed by atoms with Gasteiger partial charge in [-0.2, -0.15) is 0 Å². The Morgan fingerprint density at radius 3 is 1.87 bits per heavy atom. The number of rotatable bonds is 9. The molecule has 3 aliphatic rings. The van der Waals surface area contributed by atoms with Gasteiger partial charge >= 0.3 is 11.3 Å². The van der Waals surface area contributed by atoms with E-state index >= 15 is 0 Å². The van der Waals surface area contributed by atoms with E-state index in [4.69, 9.17) is 32.8 Å². The van der Waals surface area contributed by atoms with Gasteiger partial charge in [-0.3, -0.25) is 0 Å². The van der Waals surface area contributed by atoms with Gasteiger partial charge in [0.2, 0.25) is 18.3 Å². The van der Waals surface area contributed by atoms with Crippen molar-refractivity contribution in [2.24, 2.45) is 0 Å². The fourth-order valence-electron chi connectivity index (χ4n) is 6.11. The zero-order valence-corrected chi connectivity index (χ0v) is 27.7. The molecule has 0 aliphatic carbocycles. The third-order valence-corrected chi connectivity index (χ3v) is 9.29. The fourth-order valence-corrected chi connectivity index (χ4v) is 6.11. The van der Waals surface area contributed by atoms with Crippen LogP contribution in [0.3, 0.4) is 0 Å². The van der Waals surface area contributed by atoms with Crippen molar-refractivity contribution in [2.75, 3.05) is 13.2 Å². The van der Waals surface area contributed by atoms with Crippen molar-refractivity contribution in [3.63, 3.8) is 0 Å². The third-order valence-electron chi connectivity index (χ3n) is 9.29. The maximum atomic E-state index is 11.0. The average molecular weight is 758 g/mol. The molecule has 1 aromatic heterocycles. The number of phenolic OH excluding ortho intramolecular Hbond substituents is 3. The van der Waals surface area contributed by atoms with Crippen molar-refractivity contribution in [1.82, 2.24) is 0 Å². The lowest BCUT2D eigenvalue weighted by Gasteiger charge is -2.42. The van der Waals surface area contributed by atoms with Crippen LogP contribution in [0.2, 0.25) is 0 Å². The van der Waals surface area contributed by atoms with E-state index < -0.39 is 123 Å². The second-order valence-electron chi connectivity index (χ2n) is 13.0. The van der Waals surface area contributed by atoms with Crippen molar-refractivity contribution >= 4 is 11.0 Å². The minimum atomic E-state index is -1.91. The van der Waals surface area contributed by atoms with Gasteiger partial charge in [0.25, 0.3) is 0 Å². The number of hydrogen-bond acceptors (Lipinski definition) is 19. The Kier molecular flexibility index (Phi) is 11.5. The minimum Gasteiger partial charge on any atom is -0.507 e. The number of benzene rings is 2. The largest absolute Gasteiger partial charge is 0.507 e. The maximum absolute atomic E-state index is 11.0. The van der Waals surface area contributed by atoms with Crippen LogP contribution in [0.5, 0.6) is 28.7 Å². The standard InChI is InChI=1S/C33H40O20/c1-10-21(38)24(41)27(44)31(48-10)47-9-20-23(40)26(43)29(46)33(53-20)51-18-7-13-15(36)5-12(49-32-28(45)25(42)22(39)19(8-34)52-32)6-17(13)50-30(18)11-2-3-14(35)16(37)4-11/h2-7,10,19-29,31-34,38-46H,8-9H2,1H3,(H2-,35,36,37)/p+1/t10?,19?,20-,21+,22-,23-,24?,25+,26?,27+,28?,29?,31-,32-,33-/m1/s1. The zero-order chi connectivity index (χ0) is 38.5. The van der Waals surface area contributed by atoms with Crippen molar-refractivity contribution in [2.45, 2.75) is 99.0 Å². The van der Waals surface area contributed by atoms with Crippen LogP contribution in [0.1, 0.15) is 6.92 Å². The molecule has 0 radical (unpaired) electrons. The molecule has 53 heavy (non-hydrogen) atoms. The first-order valence-electron chi connectivity index (χ1n) is 16.4. The summed E-state index contributed by atoms with van der Waals surface area (Å²) in [5.74, 6) is -2.22. The minimum absolute atomic E-state index is 0.0445. The van der Waals surface area contributed by atoms with E-state index in [0.29, 0.717) is 0 Å². The number of aliphatic hydroxyl groups excluding tert-OH is 10. The van der Waals surface area contributed by atoms with Gasteiger partial charge in [0, 0.05) is 18.2 Å². The Morgan fingerprint density at radius 2 is 1.21 bits per heavy atom. The van der Waals surface area contributed by atoms with Crippen molar-refractivity contribution in [3.8, 4) is 40.1 Å². The smallest absolute Gasteiger partial charge is 0.402 e. The molecule has 20 nitrogen and oxygen atoms in total. The topological polar surface area (TPSA) is 330 Å². The lowest BCUT2D eigenvalue weighted by molar-refractivity contribution is -0.318. The second kappa shape index (κ2) is 15.6. The first-order valence-corrected chi connectivity index (χ1v) is 16.4. The van der Waals surface area contributed by atoms with Gasteiger partial charge in [0.15, 0.2) is 17.8 Å². The van der Waals surface area contributed by atoms with Gasteiger partial charge in [0.1, 0.15) is 84.0 Å². The highest BCUT2D eigenvalue weighted by Crippen LogP contribution is 2.43. The number of ether oxygens (including phenoxy) is 6. The Bertz CT molecular complexity index is 1740. The molecule has 0 saturated carbocycles. The predicted octanol–water partition coefficient (Wildman–Crippen LogP) is -3.29. The number of phenols is 3. The zero-order valence-electron chi connectivity index (χ0n) is 27.7. The van der Waals surface area contributed by atoms with E-state index in [2.05, 4.69) is 0 Å². The van der Waals surface area contributed by atoms with Gasteiger partial charge in [0.05, 0.1) is 30.9 Å². The van der Waals surface area contributed by atoms with Crippen LogP contribution in [0, 0.1) is 0 Å². The van der Waals surface area contributed by atoms with Crippen LogP contribution in [0.15, 0.2) is 40.8 Å². The highest BCUT2D eigenvalue weighted by atomic mass is 16.7. The Balaban J connectivity index is 1.30. The molecule has 20 heteroatoms. The molecule has 0 spiro atoms. The van der Waals surface area contributed by atoms with Crippen LogP contribution in [0.25, 0.3) is 22.3 Å². The van der Waals surface area contributed by atoms with Crippen LogP contribution >= 0.6 is 0 Å². The number of hydrogen-bond donors (Lipinski definition) is 13. The normalized spacial score (nSPS) is 37.8. The van der Waals surface area contributed by atoms with E-state index in [1.807, 2.05) is 0 Å². The van der Waals surface area contributed by atoms with Crippen LogP contribution in [-0.4, -0.2) is 172 Å². The summed E-state index contributed by atoms with van der Waals surface area (Å²) in [6, 6.07) is 7.08. The molecule has 3 aliphatic heterocycles. The molecule has 13 N–H and O–H groups in total. The molecule has 0 bridgehead atoms. The molecule has 3 saturated heterocycles. The van der Waals surface area contributed by atoms with Crippen LogP contribution in [-0.2, 0) is 18.9 Å². The summed E-state index contributed by atoms with van der Waals surface area (Å²) in [7, 11) is 0. The van der Waals surface area contributed by atoms with Gasteiger partial charge in [-0.25, -0.2) is 4.42 Å². The van der Waals surface area contributed by atoms with E-state index in [-0.39, 0.29) is 33.8 Å². The van der Waals surface area contributed by atoms with Crippen LogP contribution in [0.4, 0.5) is 0 Å². The Hall–Kier alpha value is -3.71. The summed E-state index contributed by atoms with van der Waals surface area (Å²) in [4.78, 5) is 0. The number of aliphatic hydroxyl groups is 10. The molecule has 292 valence electrons.